The third-order valence-electron chi connectivity index (χ3n) is 2.80. The van der Waals surface area contributed by atoms with Crippen molar-refractivity contribution in [2.24, 2.45) is 5.73 Å². The summed E-state index contributed by atoms with van der Waals surface area (Å²) in [5, 5.41) is 2.60. The Hall–Kier alpha value is -1.92. The molecule has 0 aliphatic rings. The van der Waals surface area contributed by atoms with E-state index in [2.05, 4.69) is 5.32 Å². The molecular weight excluding hydrogens is 294 g/mol. The second-order valence-corrected chi connectivity index (χ2v) is 5.28. The molecule has 2 rings (SSSR count). The minimum Gasteiger partial charge on any atom is -0.323 e. The molecule has 6 heteroatoms. The fraction of sp³-hybridized carbons (Fsp3) is 0.133. The first-order valence-corrected chi connectivity index (χ1v) is 7.11. The summed E-state index contributed by atoms with van der Waals surface area (Å²) >= 11 is 0.386. The van der Waals surface area contributed by atoms with Crippen LogP contribution in [0, 0.1) is 0 Å². The van der Waals surface area contributed by atoms with Crippen molar-refractivity contribution < 1.29 is 13.6 Å². The lowest BCUT2D eigenvalue weighted by molar-refractivity contribution is -0.117. The summed E-state index contributed by atoms with van der Waals surface area (Å²) in [6.07, 6.45) is 0. The average molecular weight is 308 g/mol. The lowest BCUT2D eigenvalue weighted by atomic mass is 10.1. The van der Waals surface area contributed by atoms with Gasteiger partial charge in [0, 0.05) is 4.90 Å². The molecule has 0 aliphatic carbocycles. The highest BCUT2D eigenvalue weighted by Gasteiger charge is 2.17. The number of carbonyl (C=O) groups excluding carboxylic acids is 1. The topological polar surface area (TPSA) is 55.1 Å². The first-order valence-electron chi connectivity index (χ1n) is 6.23. The van der Waals surface area contributed by atoms with E-state index in [0.29, 0.717) is 27.9 Å². The van der Waals surface area contributed by atoms with Gasteiger partial charge in [0.2, 0.25) is 5.91 Å². The first kappa shape index (κ1) is 15.5. The van der Waals surface area contributed by atoms with Crippen LogP contribution in [0.2, 0.25) is 0 Å². The van der Waals surface area contributed by atoms with Crippen molar-refractivity contribution in [3.63, 3.8) is 0 Å². The molecule has 0 saturated carbocycles. The fourth-order valence-electron chi connectivity index (χ4n) is 1.79. The van der Waals surface area contributed by atoms with Gasteiger partial charge in [-0.15, -0.1) is 0 Å². The Balaban J connectivity index is 2.13. The van der Waals surface area contributed by atoms with Gasteiger partial charge in [-0.05, 0) is 17.7 Å². The van der Waals surface area contributed by atoms with Crippen LogP contribution in [0.1, 0.15) is 11.6 Å². The molecule has 0 aliphatic heterocycles. The van der Waals surface area contributed by atoms with E-state index in [1.807, 2.05) is 6.07 Å². The molecule has 3 nitrogen and oxygen atoms in total. The molecule has 0 heterocycles. The number of nitrogens with one attached hydrogen (secondary N) is 1. The minimum absolute atomic E-state index is 0.307. The number of hydrogen-bond acceptors (Lipinski definition) is 3. The molecule has 0 aromatic heterocycles. The van der Waals surface area contributed by atoms with Crippen molar-refractivity contribution in [1.82, 2.24) is 0 Å². The van der Waals surface area contributed by atoms with E-state index in [0.717, 1.165) is 0 Å². The molecular formula is C15H14F2N2OS. The second-order valence-electron chi connectivity index (χ2n) is 4.25. The molecule has 0 unspecified atom stereocenters. The van der Waals surface area contributed by atoms with Crippen LogP contribution in [-0.2, 0) is 4.79 Å². The average Bonchev–Trinajstić information content (AvgIpc) is 2.49. The van der Waals surface area contributed by atoms with Crippen molar-refractivity contribution in [2.75, 3.05) is 5.32 Å². The van der Waals surface area contributed by atoms with Crippen LogP contribution in [0.4, 0.5) is 14.5 Å². The lowest BCUT2D eigenvalue weighted by Crippen LogP contribution is -2.27. The third kappa shape index (κ3) is 4.27. The van der Waals surface area contributed by atoms with Gasteiger partial charge in [-0.3, -0.25) is 4.79 Å². The van der Waals surface area contributed by atoms with Crippen LogP contribution in [-0.4, -0.2) is 11.7 Å². The highest BCUT2D eigenvalue weighted by atomic mass is 32.2. The SMILES string of the molecule is N[C@H](C(=O)Nc1ccccc1SC(F)F)c1ccccc1. The number of halogens is 2. The van der Waals surface area contributed by atoms with Gasteiger partial charge in [-0.2, -0.15) is 8.78 Å². The van der Waals surface area contributed by atoms with Crippen LogP contribution in [0.25, 0.3) is 0 Å². The molecule has 1 atom stereocenters. The predicted octanol–water partition coefficient (Wildman–Crippen LogP) is 3.64. The van der Waals surface area contributed by atoms with E-state index in [1.54, 1.807) is 42.5 Å². The summed E-state index contributed by atoms with van der Waals surface area (Å²) in [6, 6.07) is 14.4. The maximum atomic E-state index is 12.5. The van der Waals surface area contributed by atoms with Crippen molar-refractivity contribution in [1.29, 1.82) is 0 Å². The number of benzene rings is 2. The quantitative estimate of drug-likeness (QED) is 0.829. The summed E-state index contributed by atoms with van der Waals surface area (Å²) in [6.45, 7) is 0. The number of carbonyl (C=O) groups is 1. The largest absolute Gasteiger partial charge is 0.323 e. The summed E-state index contributed by atoms with van der Waals surface area (Å²) in [5.41, 5.74) is 6.86. The number of hydrogen-bond donors (Lipinski definition) is 2. The van der Waals surface area contributed by atoms with E-state index < -0.39 is 17.7 Å². The smallest absolute Gasteiger partial charge is 0.288 e. The third-order valence-corrected chi connectivity index (χ3v) is 3.59. The van der Waals surface area contributed by atoms with Crippen molar-refractivity contribution in [3.05, 3.63) is 60.2 Å². The van der Waals surface area contributed by atoms with Gasteiger partial charge in [-0.1, -0.05) is 54.2 Å². The monoisotopic (exact) mass is 308 g/mol. The van der Waals surface area contributed by atoms with E-state index in [4.69, 9.17) is 5.73 Å². The van der Waals surface area contributed by atoms with Crippen LogP contribution in [0.5, 0.6) is 0 Å². The Labute approximate surface area is 125 Å². The van der Waals surface area contributed by atoms with E-state index in [1.165, 1.54) is 6.07 Å². The van der Waals surface area contributed by atoms with Crippen molar-refractivity contribution in [3.8, 4) is 0 Å². The minimum atomic E-state index is -2.55. The van der Waals surface area contributed by atoms with E-state index in [9.17, 15) is 13.6 Å². The van der Waals surface area contributed by atoms with Gasteiger partial charge >= 0.3 is 0 Å². The summed E-state index contributed by atoms with van der Waals surface area (Å²) in [5.74, 6) is -2.99. The number of thioether (sulfide) groups is 1. The Morgan fingerprint density at radius 1 is 1.05 bits per heavy atom. The Morgan fingerprint density at radius 3 is 2.33 bits per heavy atom. The van der Waals surface area contributed by atoms with Gasteiger partial charge in [0.15, 0.2) is 0 Å². The number of amides is 1. The van der Waals surface area contributed by atoms with Crippen molar-refractivity contribution >= 4 is 23.4 Å². The molecule has 0 radical (unpaired) electrons. The summed E-state index contributed by atoms with van der Waals surface area (Å²) in [4.78, 5) is 12.4. The fourth-order valence-corrected chi connectivity index (χ4v) is 2.39. The molecule has 2 aromatic carbocycles. The van der Waals surface area contributed by atoms with E-state index in [-0.39, 0.29) is 0 Å². The van der Waals surface area contributed by atoms with Gasteiger partial charge in [-0.25, -0.2) is 0 Å². The van der Waals surface area contributed by atoms with Crippen LogP contribution < -0.4 is 11.1 Å². The van der Waals surface area contributed by atoms with Gasteiger partial charge in [0.1, 0.15) is 6.04 Å². The predicted molar refractivity (Wildman–Crippen MR) is 80.3 cm³/mol. The zero-order valence-corrected chi connectivity index (χ0v) is 11.8. The standard InChI is InChI=1S/C15H14F2N2OS/c16-15(17)21-12-9-5-4-8-11(12)19-14(20)13(18)10-6-2-1-3-7-10/h1-9,13,15H,18H2,(H,19,20)/t13-/m0/s1. The number of nitrogens with two attached hydrogens (primary N) is 1. The maximum absolute atomic E-state index is 12.5. The molecule has 110 valence electrons. The molecule has 1 amide bonds. The Kier molecular flexibility index (Phi) is 5.30. The van der Waals surface area contributed by atoms with Gasteiger partial charge in [0.05, 0.1) is 5.69 Å². The Bertz CT molecular complexity index is 608. The first-order chi connectivity index (χ1) is 10.1. The highest BCUT2D eigenvalue weighted by molar-refractivity contribution is 7.99. The molecule has 0 saturated heterocycles. The molecule has 0 bridgehead atoms. The zero-order valence-electron chi connectivity index (χ0n) is 11.0. The molecule has 0 fully saturated rings. The van der Waals surface area contributed by atoms with Crippen LogP contribution in [0.3, 0.4) is 0 Å². The normalized spacial score (nSPS) is 12.2. The number of para-hydroxylation sites is 1. The van der Waals surface area contributed by atoms with Crippen LogP contribution >= 0.6 is 11.8 Å². The van der Waals surface area contributed by atoms with E-state index >= 15 is 0 Å². The zero-order chi connectivity index (χ0) is 15.2. The lowest BCUT2D eigenvalue weighted by Gasteiger charge is -2.14. The number of rotatable bonds is 5. The number of alkyl halides is 2. The van der Waals surface area contributed by atoms with Crippen molar-refractivity contribution in [2.45, 2.75) is 16.7 Å². The Morgan fingerprint density at radius 2 is 1.67 bits per heavy atom. The molecule has 3 N–H and O–H groups in total. The van der Waals surface area contributed by atoms with Gasteiger partial charge in [0.25, 0.3) is 5.76 Å². The van der Waals surface area contributed by atoms with Gasteiger partial charge < -0.3 is 11.1 Å². The highest BCUT2D eigenvalue weighted by Crippen LogP contribution is 2.32. The maximum Gasteiger partial charge on any atom is 0.288 e. The number of anilines is 1. The second kappa shape index (κ2) is 7.19. The summed E-state index contributed by atoms with van der Waals surface area (Å²) < 4.78 is 25.0. The molecule has 21 heavy (non-hydrogen) atoms. The molecule has 2 aromatic rings. The molecule has 0 spiro atoms. The van der Waals surface area contributed by atoms with Crippen LogP contribution in [0.15, 0.2) is 59.5 Å². The summed E-state index contributed by atoms with van der Waals surface area (Å²) in [7, 11) is 0.